The molecule has 5 heteroatoms. The van der Waals surface area contributed by atoms with E-state index in [1.165, 1.54) is 19.2 Å². The van der Waals surface area contributed by atoms with E-state index in [1.54, 1.807) is 0 Å². The Morgan fingerprint density at radius 3 is 2.73 bits per heavy atom. The second-order valence-corrected chi connectivity index (χ2v) is 2.97. The standard InChI is InChI=1S/C10H12N2O3/c1-15-10-3-8(13)6(4-11)2-7(10)9(14)5-12/h2-3,9,13-14H,5,12H2,1H3. The lowest BCUT2D eigenvalue weighted by Crippen LogP contribution is -2.12. The van der Waals surface area contributed by atoms with Gasteiger partial charge in [-0.15, -0.1) is 0 Å². The van der Waals surface area contributed by atoms with Crippen molar-refractivity contribution < 1.29 is 14.9 Å². The van der Waals surface area contributed by atoms with Gasteiger partial charge in [0.05, 0.1) is 18.8 Å². The quantitative estimate of drug-likeness (QED) is 0.661. The van der Waals surface area contributed by atoms with Crippen LogP contribution in [0.25, 0.3) is 0 Å². The van der Waals surface area contributed by atoms with Crippen molar-refractivity contribution in [1.29, 1.82) is 5.26 Å². The van der Waals surface area contributed by atoms with Crippen molar-refractivity contribution in [3.8, 4) is 17.6 Å². The Labute approximate surface area is 87.3 Å². The number of nitrogens with two attached hydrogens (primary N) is 1. The van der Waals surface area contributed by atoms with Crippen LogP contribution in [0, 0.1) is 11.3 Å². The largest absolute Gasteiger partial charge is 0.506 e. The first-order valence-corrected chi connectivity index (χ1v) is 4.33. The van der Waals surface area contributed by atoms with Crippen LogP contribution in [0.5, 0.6) is 11.5 Å². The van der Waals surface area contributed by atoms with E-state index in [9.17, 15) is 10.2 Å². The van der Waals surface area contributed by atoms with Crippen LogP contribution in [0.4, 0.5) is 0 Å². The zero-order valence-corrected chi connectivity index (χ0v) is 8.27. The van der Waals surface area contributed by atoms with Gasteiger partial charge in [-0.2, -0.15) is 5.26 Å². The molecule has 0 aliphatic heterocycles. The van der Waals surface area contributed by atoms with Gasteiger partial charge in [0.25, 0.3) is 0 Å². The maximum absolute atomic E-state index is 9.56. The number of phenols is 1. The van der Waals surface area contributed by atoms with Gasteiger partial charge in [-0.05, 0) is 6.07 Å². The van der Waals surface area contributed by atoms with E-state index in [0.717, 1.165) is 0 Å². The van der Waals surface area contributed by atoms with E-state index in [4.69, 9.17) is 15.7 Å². The highest BCUT2D eigenvalue weighted by Crippen LogP contribution is 2.31. The molecule has 15 heavy (non-hydrogen) atoms. The van der Waals surface area contributed by atoms with Crippen molar-refractivity contribution >= 4 is 0 Å². The second kappa shape index (κ2) is 4.64. The molecule has 0 aromatic heterocycles. The Hall–Kier alpha value is -1.77. The summed E-state index contributed by atoms with van der Waals surface area (Å²) in [7, 11) is 1.41. The monoisotopic (exact) mass is 208 g/mol. The number of aliphatic hydroxyl groups excluding tert-OH is 1. The van der Waals surface area contributed by atoms with Crippen molar-refractivity contribution in [1.82, 2.24) is 0 Å². The number of hydrogen-bond donors (Lipinski definition) is 3. The molecule has 4 N–H and O–H groups in total. The summed E-state index contributed by atoms with van der Waals surface area (Å²) in [6.07, 6.45) is -0.910. The highest BCUT2D eigenvalue weighted by atomic mass is 16.5. The van der Waals surface area contributed by atoms with Crippen LogP contribution < -0.4 is 10.5 Å². The zero-order chi connectivity index (χ0) is 11.4. The number of rotatable bonds is 3. The summed E-state index contributed by atoms with van der Waals surface area (Å²) in [6, 6.07) is 4.46. The average Bonchev–Trinajstić information content (AvgIpc) is 2.27. The summed E-state index contributed by atoms with van der Waals surface area (Å²) >= 11 is 0. The van der Waals surface area contributed by atoms with Crippen LogP contribution in [0.2, 0.25) is 0 Å². The van der Waals surface area contributed by atoms with E-state index in [-0.39, 0.29) is 17.9 Å². The molecular weight excluding hydrogens is 196 g/mol. The Morgan fingerprint density at radius 1 is 1.60 bits per heavy atom. The molecule has 0 saturated heterocycles. The third-order valence-corrected chi connectivity index (χ3v) is 2.05. The van der Waals surface area contributed by atoms with Crippen molar-refractivity contribution in [2.45, 2.75) is 6.10 Å². The van der Waals surface area contributed by atoms with Crippen molar-refractivity contribution in [2.75, 3.05) is 13.7 Å². The van der Waals surface area contributed by atoms with Crippen LogP contribution in [-0.4, -0.2) is 23.9 Å². The number of phenolic OH excluding ortho intramolecular Hbond substituents is 1. The number of ether oxygens (including phenoxy) is 1. The molecule has 0 spiro atoms. The molecule has 1 rings (SSSR count). The van der Waals surface area contributed by atoms with Gasteiger partial charge in [0.15, 0.2) is 0 Å². The second-order valence-electron chi connectivity index (χ2n) is 2.97. The summed E-state index contributed by atoms with van der Waals surface area (Å²) in [5.41, 5.74) is 5.79. The molecular formula is C10H12N2O3. The lowest BCUT2D eigenvalue weighted by atomic mass is 10.0. The lowest BCUT2D eigenvalue weighted by Gasteiger charge is -2.13. The van der Waals surface area contributed by atoms with Gasteiger partial charge in [0.1, 0.15) is 17.6 Å². The molecule has 0 aliphatic carbocycles. The van der Waals surface area contributed by atoms with Gasteiger partial charge in [-0.25, -0.2) is 0 Å². The SMILES string of the molecule is COc1cc(O)c(C#N)cc1C(O)CN. The fourth-order valence-corrected chi connectivity index (χ4v) is 1.24. The molecule has 1 atom stereocenters. The lowest BCUT2D eigenvalue weighted by molar-refractivity contribution is 0.182. The summed E-state index contributed by atoms with van der Waals surface area (Å²) in [5.74, 6) is 0.131. The first-order chi connectivity index (χ1) is 7.13. The third kappa shape index (κ3) is 2.18. The summed E-state index contributed by atoms with van der Waals surface area (Å²) in [4.78, 5) is 0. The minimum atomic E-state index is -0.910. The topological polar surface area (TPSA) is 99.5 Å². The van der Waals surface area contributed by atoms with Gasteiger partial charge in [-0.1, -0.05) is 0 Å². The van der Waals surface area contributed by atoms with Gasteiger partial charge in [0.2, 0.25) is 0 Å². The average molecular weight is 208 g/mol. The van der Waals surface area contributed by atoms with Gasteiger partial charge in [0, 0.05) is 18.2 Å². The van der Waals surface area contributed by atoms with E-state index in [1.807, 2.05) is 6.07 Å². The summed E-state index contributed by atoms with van der Waals surface area (Å²) < 4.78 is 4.96. The molecule has 1 aromatic carbocycles. The minimum Gasteiger partial charge on any atom is -0.506 e. The smallest absolute Gasteiger partial charge is 0.137 e. The Bertz CT molecular complexity index is 398. The fraction of sp³-hybridized carbons (Fsp3) is 0.300. The maximum Gasteiger partial charge on any atom is 0.137 e. The number of benzene rings is 1. The van der Waals surface area contributed by atoms with Crippen molar-refractivity contribution in [3.05, 3.63) is 23.3 Å². The van der Waals surface area contributed by atoms with E-state index in [2.05, 4.69) is 0 Å². The van der Waals surface area contributed by atoms with Crippen LogP contribution in [-0.2, 0) is 0 Å². The molecule has 0 heterocycles. The van der Waals surface area contributed by atoms with Crippen molar-refractivity contribution in [2.24, 2.45) is 5.73 Å². The Kier molecular flexibility index (Phi) is 3.50. The zero-order valence-electron chi connectivity index (χ0n) is 8.27. The van der Waals surface area contributed by atoms with Crippen LogP contribution in [0.1, 0.15) is 17.2 Å². The van der Waals surface area contributed by atoms with Crippen LogP contribution >= 0.6 is 0 Å². The number of nitrogens with zero attached hydrogens (tertiary/aromatic N) is 1. The Morgan fingerprint density at radius 2 is 2.27 bits per heavy atom. The van der Waals surface area contributed by atoms with Gasteiger partial charge < -0.3 is 20.7 Å². The first-order valence-electron chi connectivity index (χ1n) is 4.33. The predicted octanol–water partition coefficient (Wildman–Crippen LogP) is 0.265. The fourth-order valence-electron chi connectivity index (χ4n) is 1.24. The normalized spacial score (nSPS) is 11.9. The van der Waals surface area contributed by atoms with Gasteiger partial charge >= 0.3 is 0 Å². The number of aliphatic hydroxyl groups is 1. The van der Waals surface area contributed by atoms with E-state index in [0.29, 0.717) is 11.3 Å². The van der Waals surface area contributed by atoms with Gasteiger partial charge in [-0.3, -0.25) is 0 Å². The predicted molar refractivity (Wildman–Crippen MR) is 53.4 cm³/mol. The van der Waals surface area contributed by atoms with E-state index < -0.39 is 6.10 Å². The van der Waals surface area contributed by atoms with Crippen LogP contribution in [0.15, 0.2) is 12.1 Å². The molecule has 0 amide bonds. The highest BCUT2D eigenvalue weighted by molar-refractivity contribution is 5.51. The molecule has 1 unspecified atom stereocenters. The molecule has 0 radical (unpaired) electrons. The molecule has 0 bridgehead atoms. The Balaban J connectivity index is 3.30. The third-order valence-electron chi connectivity index (χ3n) is 2.05. The molecule has 0 fully saturated rings. The first kappa shape index (κ1) is 11.3. The molecule has 80 valence electrons. The van der Waals surface area contributed by atoms with Crippen molar-refractivity contribution in [3.63, 3.8) is 0 Å². The van der Waals surface area contributed by atoms with Crippen LogP contribution in [0.3, 0.4) is 0 Å². The number of methoxy groups -OCH3 is 1. The molecule has 0 aliphatic rings. The molecule has 1 aromatic rings. The maximum atomic E-state index is 9.56. The summed E-state index contributed by atoms with van der Waals surface area (Å²) in [6.45, 7) is 0.0198. The van der Waals surface area contributed by atoms with E-state index >= 15 is 0 Å². The summed E-state index contributed by atoms with van der Waals surface area (Å²) in [5, 5.41) is 27.6. The molecule has 5 nitrogen and oxygen atoms in total. The minimum absolute atomic E-state index is 0.0198. The highest BCUT2D eigenvalue weighted by Gasteiger charge is 2.15. The number of nitriles is 1. The molecule has 0 saturated carbocycles. The number of hydrogen-bond acceptors (Lipinski definition) is 5. The number of aromatic hydroxyl groups is 1.